The number of fused-ring (bicyclic) bond motifs is 1. The number of likely N-dealkylation sites (tertiary alicyclic amines) is 2. The molecule has 1 saturated carbocycles. The third-order valence-corrected chi connectivity index (χ3v) is 17.8. The molecule has 4 amide bonds. The topological polar surface area (TPSA) is 271 Å². The van der Waals surface area contributed by atoms with Crippen LogP contribution in [0.5, 0.6) is 5.75 Å². The minimum atomic E-state index is -5.11. The van der Waals surface area contributed by atoms with Crippen molar-refractivity contribution in [3.05, 3.63) is 113 Å². The summed E-state index contributed by atoms with van der Waals surface area (Å²) in [4.78, 5) is 68.6. The van der Waals surface area contributed by atoms with Crippen LogP contribution < -0.4 is 25.8 Å². The smallest absolute Gasteiger partial charge is 0.355 e. The number of aryl methyl sites for hydroxylation is 2. The number of hydrogen-bond donors (Lipinski definition) is 5. The normalized spacial score (nSPS) is 18.2. The van der Waals surface area contributed by atoms with E-state index in [1.165, 1.54) is 58.7 Å². The van der Waals surface area contributed by atoms with Gasteiger partial charge < -0.3 is 40.7 Å². The molecular formula is C59H66F4N12O9S2. The molecule has 3 aliphatic rings. The number of amides is 4. The summed E-state index contributed by atoms with van der Waals surface area (Å²) in [5.41, 5.74) is 12.6. The second kappa shape index (κ2) is 24.4. The number of thiazole rings is 1. The quantitative estimate of drug-likeness (QED) is 0.0275. The van der Waals surface area contributed by atoms with E-state index in [0.717, 1.165) is 16.1 Å². The van der Waals surface area contributed by atoms with Crippen LogP contribution in [0.3, 0.4) is 0 Å². The summed E-state index contributed by atoms with van der Waals surface area (Å²) in [7, 11) is -3.40. The number of nitrogen functional groups attached to an aromatic ring is 1. The first-order valence-corrected chi connectivity index (χ1v) is 30.4. The molecule has 1 aliphatic carbocycles. The molecule has 6 N–H and O–H groups in total. The number of β-amino-alcohol motifs (C(OH)–C–C–N with tert-alkyl or cyclic N) is 1. The van der Waals surface area contributed by atoms with Crippen LogP contribution in [0.4, 0.5) is 29.1 Å². The summed E-state index contributed by atoms with van der Waals surface area (Å²) in [6.45, 7) is 8.68. The predicted molar refractivity (Wildman–Crippen MR) is 313 cm³/mol. The molecule has 0 spiro atoms. The number of benzene rings is 3. The molecule has 27 heteroatoms. The molecule has 6 heterocycles. The van der Waals surface area contributed by atoms with Crippen molar-refractivity contribution >= 4 is 67.4 Å². The number of hydrogen-bond acceptors (Lipinski definition) is 15. The van der Waals surface area contributed by atoms with Crippen molar-refractivity contribution in [1.29, 1.82) is 0 Å². The van der Waals surface area contributed by atoms with E-state index in [1.54, 1.807) is 62.2 Å². The highest BCUT2D eigenvalue weighted by Gasteiger charge is 2.51. The van der Waals surface area contributed by atoms with Crippen molar-refractivity contribution in [3.63, 3.8) is 0 Å². The fourth-order valence-corrected chi connectivity index (χ4v) is 12.4. The monoisotopic (exact) mass is 1230 g/mol. The number of carbonyl (C=O) groups excluding carboxylic acids is 4. The van der Waals surface area contributed by atoms with E-state index in [0.29, 0.717) is 70.3 Å². The van der Waals surface area contributed by atoms with Gasteiger partial charge in [0.15, 0.2) is 5.79 Å². The van der Waals surface area contributed by atoms with Crippen molar-refractivity contribution in [2.45, 2.75) is 109 Å². The number of aliphatic hydroxyl groups excluding tert-OH is 1. The van der Waals surface area contributed by atoms with E-state index in [1.807, 2.05) is 46.8 Å². The minimum Gasteiger partial charge on any atom is -0.484 e. The lowest BCUT2D eigenvalue weighted by atomic mass is 9.79. The van der Waals surface area contributed by atoms with Crippen molar-refractivity contribution in [2.75, 3.05) is 43.3 Å². The minimum absolute atomic E-state index is 0.103. The van der Waals surface area contributed by atoms with Gasteiger partial charge in [-0.15, -0.1) is 11.3 Å². The van der Waals surface area contributed by atoms with Crippen LogP contribution in [0, 0.1) is 24.1 Å². The first-order chi connectivity index (χ1) is 40.8. The molecule has 7 aromatic rings. The largest absolute Gasteiger partial charge is 0.484 e. The molecule has 1 unspecified atom stereocenters. The molecule has 2 aliphatic heterocycles. The zero-order valence-corrected chi connectivity index (χ0v) is 49.6. The van der Waals surface area contributed by atoms with Crippen LogP contribution >= 0.6 is 11.3 Å². The molecule has 3 aromatic carbocycles. The Kier molecular flexibility index (Phi) is 17.3. The number of piperidine rings is 1. The molecular weight excluding hydrogens is 1160 g/mol. The highest BCUT2D eigenvalue weighted by molar-refractivity contribution is 7.93. The van der Waals surface area contributed by atoms with Gasteiger partial charge in [0.25, 0.3) is 10.0 Å². The molecule has 86 heavy (non-hydrogen) atoms. The molecule has 0 radical (unpaired) electrons. The maximum atomic E-state index is 14.8. The van der Waals surface area contributed by atoms with Gasteiger partial charge in [0.1, 0.15) is 47.7 Å². The van der Waals surface area contributed by atoms with Gasteiger partial charge in [0, 0.05) is 75.0 Å². The Morgan fingerprint density at radius 2 is 1.64 bits per heavy atom. The molecule has 21 nitrogen and oxygen atoms in total. The number of nitrogens with two attached hydrogens (primary N) is 1. The second-order valence-corrected chi connectivity index (χ2v) is 25.6. The van der Waals surface area contributed by atoms with Gasteiger partial charge in [-0.05, 0) is 73.1 Å². The number of ether oxygens (including phenoxy) is 2. The van der Waals surface area contributed by atoms with Gasteiger partial charge in [-0.3, -0.25) is 33.3 Å². The third kappa shape index (κ3) is 13.2. The van der Waals surface area contributed by atoms with Crippen LogP contribution in [0.15, 0.2) is 90.8 Å². The van der Waals surface area contributed by atoms with E-state index in [-0.39, 0.29) is 68.2 Å². The molecule has 4 aromatic heterocycles. The highest BCUT2D eigenvalue weighted by atomic mass is 32.2. The first kappa shape index (κ1) is 61.1. The highest BCUT2D eigenvalue weighted by Crippen LogP contribution is 2.42. The molecule has 5 atom stereocenters. The lowest BCUT2D eigenvalue weighted by Gasteiger charge is -2.34. The van der Waals surface area contributed by atoms with Gasteiger partial charge in [-0.1, -0.05) is 63.2 Å². The van der Waals surface area contributed by atoms with E-state index >= 15 is 0 Å². The maximum absolute atomic E-state index is 14.8. The standard InChI is InChI=1S/C59H66F4N12O9S2/c1-32-52(85-31-66-32)36-9-7-35(8-10-36)44(68-54(78)45-24-41(76)28-74(45)56(80)49(58(3,4)5)55(79)69-59(63)19-20-59)29-83-30-47(77)73-21-17-40(18-22-73)75-27-38(25-67-75)42-26-65-53(64)48-50(70-72(6)51(42)48)37-13-16-43(71-86(81,82)57(61)62)46(23-37)84-33(2)34-11-14-39(60)15-12-34/h7-16,23,25-27,31,33,40-41,44-45,49,57,71,76H,17-22,24,28-30H2,1-6H3,(H2,64,65)(H,68,78)(H,69,79)/t33-,41+,44?,45-,49-/m0/s1. The Balaban J connectivity index is 0.809. The average molecular weight is 1230 g/mol. The molecule has 0 bridgehead atoms. The maximum Gasteiger partial charge on any atom is 0.355 e. The first-order valence-electron chi connectivity index (χ1n) is 27.9. The van der Waals surface area contributed by atoms with Crippen LogP contribution in [-0.2, 0) is 41.0 Å². The zero-order chi connectivity index (χ0) is 61.6. The van der Waals surface area contributed by atoms with Crippen LogP contribution in [0.25, 0.3) is 43.7 Å². The molecule has 10 rings (SSSR count). The number of rotatable bonds is 20. The van der Waals surface area contributed by atoms with Crippen molar-refractivity contribution in [1.82, 2.24) is 50.0 Å². The lowest BCUT2D eigenvalue weighted by Crippen LogP contribution is -2.55. The fraction of sp³-hybridized carbons (Fsp3) is 0.424. The Morgan fingerprint density at radius 3 is 2.29 bits per heavy atom. The van der Waals surface area contributed by atoms with E-state index in [9.17, 15) is 50.3 Å². The number of pyridine rings is 1. The number of nitrogens with one attached hydrogen (secondary N) is 3. The van der Waals surface area contributed by atoms with Gasteiger partial charge in [-0.25, -0.2) is 27.2 Å². The number of carbonyl (C=O) groups is 4. The Morgan fingerprint density at radius 1 is 0.953 bits per heavy atom. The second-order valence-electron chi connectivity index (χ2n) is 23.1. The van der Waals surface area contributed by atoms with E-state index in [2.05, 4.69) is 20.6 Å². The van der Waals surface area contributed by atoms with Gasteiger partial charge in [0.2, 0.25) is 23.6 Å². The Bertz CT molecular complexity index is 3790. The zero-order valence-electron chi connectivity index (χ0n) is 48.0. The summed E-state index contributed by atoms with van der Waals surface area (Å²) in [6, 6.07) is 15.0. The third-order valence-electron chi connectivity index (χ3n) is 15.8. The van der Waals surface area contributed by atoms with Crippen molar-refractivity contribution < 1.29 is 59.7 Å². The van der Waals surface area contributed by atoms with Gasteiger partial charge in [-0.2, -0.15) is 19.0 Å². The van der Waals surface area contributed by atoms with E-state index < -0.39 is 80.7 Å². The van der Waals surface area contributed by atoms with Crippen LogP contribution in [-0.4, -0.2) is 133 Å². The number of sulfonamides is 1. The molecule has 3 fully saturated rings. The predicted octanol–water partition coefficient (Wildman–Crippen LogP) is 7.99. The van der Waals surface area contributed by atoms with Crippen LogP contribution in [0.1, 0.15) is 94.8 Å². The summed E-state index contributed by atoms with van der Waals surface area (Å²) in [6.07, 6.45) is 4.56. The number of aliphatic hydroxyl groups is 1. The number of alkyl halides is 3. The SMILES string of the molecule is Cc1ncsc1-c1ccc(C(COCC(=O)N2CCC(n3cc(-c4cnc(N)c5c(-c6ccc(NS(=O)(=O)C(F)F)c(O[C@@H](C)c7ccc(F)cc7)c6)nn(C)c45)cn3)CC2)NC(=O)[C@@H]2C[C@@H](O)CN2C(=O)[C@H](C(=O)NC2(F)CC2)C(C)(C)C)cc1. The molecule has 456 valence electrons. The number of nitrogens with zero attached hydrogens (tertiary/aromatic N) is 8. The van der Waals surface area contributed by atoms with Crippen molar-refractivity contribution in [3.8, 4) is 38.6 Å². The Labute approximate surface area is 497 Å². The van der Waals surface area contributed by atoms with Gasteiger partial charge in [0.05, 0.1) is 63.7 Å². The molecule has 2 saturated heterocycles. The van der Waals surface area contributed by atoms with Crippen LogP contribution in [0.2, 0.25) is 0 Å². The number of halogens is 4. The summed E-state index contributed by atoms with van der Waals surface area (Å²) >= 11 is 1.49. The fourth-order valence-electron chi connectivity index (χ4n) is 11.0. The number of anilines is 2. The average Bonchev–Trinajstić information content (AvgIpc) is 1.67. The van der Waals surface area contributed by atoms with Crippen molar-refractivity contribution in [2.24, 2.45) is 18.4 Å². The lowest BCUT2D eigenvalue weighted by molar-refractivity contribution is -0.151. The van der Waals surface area contributed by atoms with Gasteiger partial charge >= 0.3 is 5.76 Å². The summed E-state index contributed by atoms with van der Waals surface area (Å²) in [5, 5.41) is 26.1. The summed E-state index contributed by atoms with van der Waals surface area (Å²) < 4.78 is 97.9. The number of aromatic nitrogens is 6. The Hall–Kier alpha value is -8.01. The van der Waals surface area contributed by atoms with E-state index in [4.69, 9.17) is 25.4 Å². The summed E-state index contributed by atoms with van der Waals surface area (Å²) in [5.74, 6) is -9.81.